The van der Waals surface area contributed by atoms with Crippen LogP contribution in [0.25, 0.3) is 11.1 Å². The maximum atomic E-state index is 4.22. The van der Waals surface area contributed by atoms with Crippen LogP contribution in [-0.4, -0.2) is 29.8 Å². The quantitative estimate of drug-likeness (QED) is 0.483. The number of nitrogens with one attached hydrogen (secondary N) is 2. The molecular weight excluding hydrogens is 365 g/mol. The van der Waals surface area contributed by atoms with Crippen molar-refractivity contribution in [1.29, 1.82) is 0 Å². The number of aliphatic imine (C=N–C) groups is 1. The van der Waals surface area contributed by atoms with Gasteiger partial charge in [0.2, 0.25) is 0 Å². The number of hydrogen-bond donors (Lipinski definition) is 2. The summed E-state index contributed by atoms with van der Waals surface area (Å²) >= 11 is 0. The van der Waals surface area contributed by atoms with Gasteiger partial charge in [-0.3, -0.25) is 9.67 Å². The Balaban J connectivity index is 0.00000200. The van der Waals surface area contributed by atoms with Crippen molar-refractivity contribution < 1.29 is 0 Å². The molecule has 0 aliphatic carbocycles. The highest BCUT2D eigenvalue weighted by Crippen LogP contribution is 2.22. The Hall–Kier alpha value is -1.57. The zero-order valence-corrected chi connectivity index (χ0v) is 14.3. The first-order valence-corrected chi connectivity index (χ1v) is 6.20. The van der Waals surface area contributed by atoms with Crippen molar-refractivity contribution in [3.8, 4) is 11.1 Å². The van der Waals surface area contributed by atoms with E-state index in [2.05, 4.69) is 32.9 Å². The fourth-order valence-corrected chi connectivity index (χ4v) is 1.97. The number of aromatic nitrogens is 2. The zero-order chi connectivity index (χ0) is 13.7. The van der Waals surface area contributed by atoms with Crippen molar-refractivity contribution >= 4 is 29.9 Å². The van der Waals surface area contributed by atoms with Crippen molar-refractivity contribution in [3.63, 3.8) is 0 Å². The fourth-order valence-electron chi connectivity index (χ4n) is 1.97. The molecule has 20 heavy (non-hydrogen) atoms. The molecule has 0 atom stereocenters. The molecule has 1 aromatic carbocycles. The van der Waals surface area contributed by atoms with E-state index >= 15 is 0 Å². The second-order valence-electron chi connectivity index (χ2n) is 4.24. The smallest absolute Gasteiger partial charge is 0.190 e. The van der Waals surface area contributed by atoms with Crippen LogP contribution in [0.4, 0.5) is 0 Å². The van der Waals surface area contributed by atoms with Gasteiger partial charge >= 0.3 is 0 Å². The molecule has 0 spiro atoms. The van der Waals surface area contributed by atoms with Crippen molar-refractivity contribution in [2.45, 2.75) is 6.54 Å². The van der Waals surface area contributed by atoms with Crippen LogP contribution < -0.4 is 10.6 Å². The first-order chi connectivity index (χ1) is 9.24. The second kappa shape index (κ2) is 7.88. The molecule has 108 valence electrons. The summed E-state index contributed by atoms with van der Waals surface area (Å²) in [5, 5.41) is 10.5. The molecule has 0 aliphatic heterocycles. The third-order valence-electron chi connectivity index (χ3n) is 2.94. The van der Waals surface area contributed by atoms with Gasteiger partial charge < -0.3 is 10.6 Å². The Kier molecular flexibility index (Phi) is 6.50. The summed E-state index contributed by atoms with van der Waals surface area (Å²) in [4.78, 5) is 4.11. The Morgan fingerprint density at radius 1 is 1.35 bits per heavy atom. The number of nitrogens with zero attached hydrogens (tertiary/aromatic N) is 3. The Morgan fingerprint density at radius 3 is 2.70 bits per heavy atom. The van der Waals surface area contributed by atoms with Crippen molar-refractivity contribution in [1.82, 2.24) is 20.4 Å². The van der Waals surface area contributed by atoms with E-state index in [0.29, 0.717) is 0 Å². The minimum atomic E-state index is 0. The number of rotatable bonds is 3. The van der Waals surface area contributed by atoms with E-state index in [4.69, 9.17) is 0 Å². The Morgan fingerprint density at radius 2 is 2.10 bits per heavy atom. The number of hydrogen-bond acceptors (Lipinski definition) is 2. The van der Waals surface area contributed by atoms with Crippen molar-refractivity contribution in [2.75, 3.05) is 14.1 Å². The summed E-state index contributed by atoms with van der Waals surface area (Å²) in [6, 6.07) is 8.30. The number of halogens is 1. The van der Waals surface area contributed by atoms with Crippen LogP contribution in [0.3, 0.4) is 0 Å². The summed E-state index contributed by atoms with van der Waals surface area (Å²) in [6.07, 6.45) is 3.90. The molecular formula is C14H20IN5. The summed E-state index contributed by atoms with van der Waals surface area (Å²) in [5.41, 5.74) is 3.53. The number of guanidine groups is 1. The van der Waals surface area contributed by atoms with Gasteiger partial charge in [-0.15, -0.1) is 24.0 Å². The van der Waals surface area contributed by atoms with Crippen LogP contribution in [0.15, 0.2) is 41.7 Å². The molecule has 0 bridgehead atoms. The topological polar surface area (TPSA) is 54.2 Å². The molecule has 0 saturated heterocycles. The largest absolute Gasteiger partial charge is 0.359 e. The van der Waals surface area contributed by atoms with E-state index in [9.17, 15) is 0 Å². The van der Waals surface area contributed by atoms with E-state index in [-0.39, 0.29) is 24.0 Å². The van der Waals surface area contributed by atoms with Crippen LogP contribution in [-0.2, 0) is 13.6 Å². The normalized spacial score (nSPS) is 10.8. The molecule has 6 heteroatoms. The monoisotopic (exact) mass is 385 g/mol. The highest BCUT2D eigenvalue weighted by molar-refractivity contribution is 14.0. The predicted octanol–water partition coefficient (Wildman–Crippen LogP) is 2.00. The standard InChI is InChI=1S/C14H19N5.HI/c1-15-14(16-2)17-8-11-6-4-5-7-13(11)12-9-18-19(3)10-12;/h4-7,9-10H,8H2,1-3H3,(H2,15,16,17);1H. The van der Waals surface area contributed by atoms with Gasteiger partial charge in [-0.05, 0) is 11.1 Å². The molecule has 0 fully saturated rings. The summed E-state index contributed by atoms with van der Waals surface area (Å²) in [6.45, 7) is 0.721. The van der Waals surface area contributed by atoms with Gasteiger partial charge in [0.05, 0.1) is 6.20 Å². The second-order valence-corrected chi connectivity index (χ2v) is 4.24. The predicted molar refractivity (Wildman–Crippen MR) is 93.3 cm³/mol. The minimum absolute atomic E-state index is 0. The van der Waals surface area contributed by atoms with Crippen molar-refractivity contribution in [3.05, 3.63) is 42.2 Å². The number of aryl methyl sites for hydroxylation is 1. The third-order valence-corrected chi connectivity index (χ3v) is 2.94. The molecule has 0 aliphatic rings. The average molecular weight is 385 g/mol. The molecule has 1 heterocycles. The molecule has 1 aromatic heterocycles. The maximum Gasteiger partial charge on any atom is 0.190 e. The van der Waals surface area contributed by atoms with Gasteiger partial charge in [-0.25, -0.2) is 0 Å². The van der Waals surface area contributed by atoms with Gasteiger partial charge in [0.1, 0.15) is 0 Å². The van der Waals surface area contributed by atoms with E-state index in [1.165, 1.54) is 11.1 Å². The van der Waals surface area contributed by atoms with Gasteiger partial charge in [0.25, 0.3) is 0 Å². The molecule has 2 N–H and O–H groups in total. The highest BCUT2D eigenvalue weighted by atomic mass is 127. The van der Waals surface area contributed by atoms with Crippen LogP contribution in [0.2, 0.25) is 0 Å². The molecule has 0 radical (unpaired) electrons. The lowest BCUT2D eigenvalue weighted by molar-refractivity contribution is 0.768. The Labute approximate surface area is 136 Å². The van der Waals surface area contributed by atoms with Crippen LogP contribution >= 0.6 is 24.0 Å². The highest BCUT2D eigenvalue weighted by Gasteiger charge is 2.06. The molecule has 0 unspecified atom stereocenters. The third kappa shape index (κ3) is 3.96. The molecule has 2 rings (SSSR count). The van der Waals surface area contributed by atoms with Crippen molar-refractivity contribution in [2.24, 2.45) is 12.0 Å². The fraction of sp³-hybridized carbons (Fsp3) is 0.286. The van der Waals surface area contributed by atoms with Gasteiger partial charge in [0.15, 0.2) is 5.96 Å². The summed E-state index contributed by atoms with van der Waals surface area (Å²) in [7, 11) is 5.53. The summed E-state index contributed by atoms with van der Waals surface area (Å²) < 4.78 is 1.81. The van der Waals surface area contributed by atoms with E-state index in [0.717, 1.165) is 18.1 Å². The Bertz CT molecular complexity index is 576. The van der Waals surface area contributed by atoms with E-state index in [1.54, 1.807) is 7.05 Å². The van der Waals surface area contributed by atoms with E-state index < -0.39 is 0 Å². The van der Waals surface area contributed by atoms with Crippen LogP contribution in [0.5, 0.6) is 0 Å². The van der Waals surface area contributed by atoms with Gasteiger partial charge in [-0.2, -0.15) is 5.10 Å². The van der Waals surface area contributed by atoms with Crippen LogP contribution in [0, 0.1) is 0 Å². The lowest BCUT2D eigenvalue weighted by Gasteiger charge is -2.11. The van der Waals surface area contributed by atoms with Gasteiger partial charge in [0, 0.05) is 39.4 Å². The molecule has 0 amide bonds. The molecule has 0 saturated carbocycles. The average Bonchev–Trinajstić information content (AvgIpc) is 2.87. The molecule has 2 aromatic rings. The zero-order valence-electron chi connectivity index (χ0n) is 11.9. The lowest BCUT2D eigenvalue weighted by atomic mass is 10.0. The van der Waals surface area contributed by atoms with Gasteiger partial charge in [-0.1, -0.05) is 24.3 Å². The first-order valence-electron chi connectivity index (χ1n) is 6.20. The van der Waals surface area contributed by atoms with Crippen LogP contribution in [0.1, 0.15) is 5.56 Å². The lowest BCUT2D eigenvalue weighted by Crippen LogP contribution is -2.34. The summed E-state index contributed by atoms with van der Waals surface area (Å²) in [5.74, 6) is 0.779. The first kappa shape index (κ1) is 16.5. The maximum absolute atomic E-state index is 4.22. The van der Waals surface area contributed by atoms with E-state index in [1.807, 2.05) is 43.3 Å². The minimum Gasteiger partial charge on any atom is -0.359 e. The SMILES string of the molecule is CN=C(NC)NCc1ccccc1-c1cnn(C)c1.I. The molecule has 5 nitrogen and oxygen atoms in total. The number of benzene rings is 1.